The van der Waals surface area contributed by atoms with Crippen LogP contribution in [0.3, 0.4) is 0 Å². The lowest BCUT2D eigenvalue weighted by molar-refractivity contribution is -0.0823. The van der Waals surface area contributed by atoms with Crippen LogP contribution in [-0.4, -0.2) is 62.3 Å². The zero-order valence-corrected chi connectivity index (χ0v) is 19.8. The van der Waals surface area contributed by atoms with Gasteiger partial charge in [-0.15, -0.1) is 24.0 Å². The van der Waals surface area contributed by atoms with Crippen LogP contribution in [0.4, 0.5) is 0 Å². The number of likely N-dealkylation sites (tertiary alicyclic amines) is 1. The average Bonchev–Trinajstić information content (AvgIpc) is 3.04. The highest BCUT2D eigenvalue weighted by molar-refractivity contribution is 14.0. The summed E-state index contributed by atoms with van der Waals surface area (Å²) in [6, 6.07) is 0.647. The first-order valence-electron chi connectivity index (χ1n) is 10.3. The third-order valence-corrected chi connectivity index (χ3v) is 5.54. The van der Waals surface area contributed by atoms with E-state index in [4.69, 9.17) is 9.73 Å². The van der Waals surface area contributed by atoms with Gasteiger partial charge in [-0.05, 0) is 51.1 Å². The number of guanidine groups is 1. The van der Waals surface area contributed by atoms with Crippen molar-refractivity contribution in [3.8, 4) is 0 Å². The molecular formula is C20H41IN4O. The Labute approximate surface area is 178 Å². The van der Waals surface area contributed by atoms with E-state index < -0.39 is 0 Å². The minimum atomic E-state index is 0. The lowest BCUT2D eigenvalue weighted by Gasteiger charge is -2.39. The van der Waals surface area contributed by atoms with Crippen molar-refractivity contribution < 1.29 is 4.74 Å². The minimum Gasteiger partial charge on any atom is -0.377 e. The maximum Gasteiger partial charge on any atom is 0.191 e. The molecule has 6 heteroatoms. The number of ether oxygens (including phenoxy) is 1. The van der Waals surface area contributed by atoms with Crippen molar-refractivity contribution in [1.29, 1.82) is 0 Å². The van der Waals surface area contributed by atoms with E-state index in [0.29, 0.717) is 18.1 Å². The third kappa shape index (κ3) is 7.15. The summed E-state index contributed by atoms with van der Waals surface area (Å²) >= 11 is 0. The number of nitrogens with one attached hydrogen (secondary N) is 2. The predicted octanol–water partition coefficient (Wildman–Crippen LogP) is 3.49. The molecule has 0 aromatic heterocycles. The van der Waals surface area contributed by atoms with Crippen LogP contribution >= 0.6 is 24.0 Å². The van der Waals surface area contributed by atoms with Crippen molar-refractivity contribution in [3.05, 3.63) is 0 Å². The van der Waals surface area contributed by atoms with Crippen molar-refractivity contribution in [2.24, 2.45) is 16.3 Å². The molecule has 0 bridgehead atoms. The van der Waals surface area contributed by atoms with Crippen LogP contribution in [0, 0.1) is 11.3 Å². The summed E-state index contributed by atoms with van der Waals surface area (Å²) in [6.07, 6.45) is 5.29. The van der Waals surface area contributed by atoms with Gasteiger partial charge in [-0.25, -0.2) is 0 Å². The molecule has 0 aromatic rings. The Hall–Kier alpha value is -0.0800. The lowest BCUT2D eigenvalue weighted by atomic mass is 9.78. The van der Waals surface area contributed by atoms with E-state index in [1.807, 2.05) is 0 Å². The van der Waals surface area contributed by atoms with Crippen molar-refractivity contribution in [3.63, 3.8) is 0 Å². The van der Waals surface area contributed by atoms with Crippen molar-refractivity contribution in [2.45, 2.75) is 72.4 Å². The Balaban J connectivity index is 0.00000338. The standard InChI is InChI=1S/C20H40N4O.HI/c1-6-21-19(23-15-17-11-8-12-24(17)7-2)22-14-16-10-9-13-25-18(16)20(3,4)5;/h16-18H,6-15H2,1-5H3,(H2,21,22,23);1H. The normalized spacial score (nSPS) is 27.9. The third-order valence-electron chi connectivity index (χ3n) is 5.54. The summed E-state index contributed by atoms with van der Waals surface area (Å²) in [5, 5.41) is 6.99. The molecule has 2 aliphatic heterocycles. The highest BCUT2D eigenvalue weighted by atomic mass is 127. The molecule has 2 heterocycles. The molecule has 2 rings (SSSR count). The molecule has 0 saturated carbocycles. The molecular weight excluding hydrogens is 439 g/mol. The number of rotatable bonds is 6. The zero-order valence-electron chi connectivity index (χ0n) is 17.5. The Morgan fingerprint density at radius 3 is 2.58 bits per heavy atom. The van der Waals surface area contributed by atoms with Gasteiger partial charge in [-0.1, -0.05) is 27.7 Å². The summed E-state index contributed by atoms with van der Waals surface area (Å²) in [7, 11) is 0. The van der Waals surface area contributed by atoms with Crippen LogP contribution in [0.1, 0.15) is 60.3 Å². The Bertz CT molecular complexity index is 425. The van der Waals surface area contributed by atoms with E-state index in [1.54, 1.807) is 0 Å². The van der Waals surface area contributed by atoms with Crippen molar-refractivity contribution in [2.75, 3.05) is 39.3 Å². The van der Waals surface area contributed by atoms with E-state index in [2.05, 4.69) is 50.2 Å². The van der Waals surface area contributed by atoms with Crippen LogP contribution in [0.5, 0.6) is 0 Å². The minimum absolute atomic E-state index is 0. The largest absolute Gasteiger partial charge is 0.377 e. The SMILES string of the molecule is CCNC(=NCC1CCCOC1C(C)(C)C)NCC1CCCN1CC.I. The van der Waals surface area contributed by atoms with E-state index in [1.165, 1.54) is 25.8 Å². The van der Waals surface area contributed by atoms with E-state index in [0.717, 1.165) is 45.2 Å². The Kier molecular flexibility index (Phi) is 10.8. The molecule has 154 valence electrons. The second kappa shape index (κ2) is 11.7. The van der Waals surface area contributed by atoms with Crippen LogP contribution in [0.15, 0.2) is 4.99 Å². The molecule has 0 aromatic carbocycles. The first kappa shape index (κ1) is 24.0. The molecule has 0 radical (unpaired) electrons. The van der Waals surface area contributed by atoms with Gasteiger partial charge in [0, 0.05) is 38.2 Å². The summed E-state index contributed by atoms with van der Waals surface area (Å²) in [5.74, 6) is 1.48. The van der Waals surface area contributed by atoms with Crippen molar-refractivity contribution >= 4 is 29.9 Å². The predicted molar refractivity (Wildman–Crippen MR) is 122 cm³/mol. The van der Waals surface area contributed by atoms with Gasteiger partial charge >= 0.3 is 0 Å². The zero-order chi connectivity index (χ0) is 18.3. The summed E-state index contributed by atoms with van der Waals surface area (Å²) in [4.78, 5) is 7.48. The van der Waals surface area contributed by atoms with Crippen LogP contribution < -0.4 is 10.6 Å². The first-order valence-corrected chi connectivity index (χ1v) is 10.3. The molecule has 2 aliphatic rings. The lowest BCUT2D eigenvalue weighted by Crippen LogP contribution is -2.46. The van der Waals surface area contributed by atoms with Gasteiger partial charge in [0.1, 0.15) is 0 Å². The van der Waals surface area contributed by atoms with Gasteiger partial charge in [0.05, 0.1) is 6.10 Å². The maximum atomic E-state index is 6.10. The van der Waals surface area contributed by atoms with Gasteiger partial charge in [-0.3, -0.25) is 9.89 Å². The Morgan fingerprint density at radius 2 is 1.92 bits per heavy atom. The van der Waals surface area contributed by atoms with Crippen LogP contribution in [0.2, 0.25) is 0 Å². The highest BCUT2D eigenvalue weighted by Gasteiger charge is 2.35. The van der Waals surface area contributed by atoms with Gasteiger partial charge < -0.3 is 15.4 Å². The van der Waals surface area contributed by atoms with Crippen LogP contribution in [-0.2, 0) is 4.74 Å². The summed E-state index contributed by atoms with van der Waals surface area (Å²) < 4.78 is 6.10. The topological polar surface area (TPSA) is 48.9 Å². The molecule has 3 atom stereocenters. The molecule has 26 heavy (non-hydrogen) atoms. The summed E-state index contributed by atoms with van der Waals surface area (Å²) in [5.41, 5.74) is 0.178. The second-order valence-corrected chi connectivity index (χ2v) is 8.58. The van der Waals surface area contributed by atoms with E-state index in [9.17, 15) is 0 Å². The second-order valence-electron chi connectivity index (χ2n) is 8.58. The van der Waals surface area contributed by atoms with E-state index in [-0.39, 0.29) is 29.4 Å². The van der Waals surface area contributed by atoms with E-state index >= 15 is 0 Å². The van der Waals surface area contributed by atoms with Gasteiger partial charge in [0.15, 0.2) is 5.96 Å². The quantitative estimate of drug-likeness (QED) is 0.347. The fraction of sp³-hybridized carbons (Fsp3) is 0.950. The number of halogens is 1. The first-order chi connectivity index (χ1) is 12.0. The molecule has 2 fully saturated rings. The molecule has 2 N–H and O–H groups in total. The number of hydrogen-bond donors (Lipinski definition) is 2. The number of aliphatic imine (C=N–C) groups is 1. The number of likely N-dealkylation sites (N-methyl/N-ethyl adjacent to an activating group) is 1. The molecule has 0 spiro atoms. The van der Waals surface area contributed by atoms with Crippen molar-refractivity contribution in [1.82, 2.24) is 15.5 Å². The number of hydrogen-bond acceptors (Lipinski definition) is 3. The summed E-state index contributed by atoms with van der Waals surface area (Å²) in [6.45, 7) is 17.2. The van der Waals surface area contributed by atoms with Gasteiger partial charge in [0.2, 0.25) is 0 Å². The smallest absolute Gasteiger partial charge is 0.191 e. The fourth-order valence-corrected chi connectivity index (χ4v) is 4.29. The Morgan fingerprint density at radius 1 is 1.15 bits per heavy atom. The molecule has 3 unspecified atom stereocenters. The van der Waals surface area contributed by atoms with Gasteiger partial charge in [0.25, 0.3) is 0 Å². The fourth-order valence-electron chi connectivity index (χ4n) is 4.29. The average molecular weight is 480 g/mol. The van der Waals surface area contributed by atoms with Gasteiger partial charge in [-0.2, -0.15) is 0 Å². The maximum absolute atomic E-state index is 6.10. The molecule has 0 aliphatic carbocycles. The molecule has 2 saturated heterocycles. The monoisotopic (exact) mass is 480 g/mol. The molecule has 0 amide bonds. The number of nitrogens with zero attached hydrogens (tertiary/aromatic N) is 2. The highest BCUT2D eigenvalue weighted by Crippen LogP contribution is 2.34. The molecule has 5 nitrogen and oxygen atoms in total. The van der Waals surface area contributed by atoms with Crippen LogP contribution in [0.25, 0.3) is 0 Å².